The summed E-state index contributed by atoms with van der Waals surface area (Å²) >= 11 is 0. The molecule has 0 saturated carbocycles. The van der Waals surface area contributed by atoms with Crippen molar-refractivity contribution >= 4 is 14.1 Å². The topological polar surface area (TPSA) is 129 Å². The summed E-state index contributed by atoms with van der Waals surface area (Å²) < 4.78 is 43.5. The van der Waals surface area contributed by atoms with Crippen LogP contribution < -0.4 is 16.3 Å². The van der Waals surface area contributed by atoms with Gasteiger partial charge < -0.3 is 14.0 Å². The molecule has 1 aliphatic heterocycles. The molecular formula is C16H25FN3O7P. The molecule has 0 radical (unpaired) electrons. The Morgan fingerprint density at radius 1 is 1.50 bits per heavy atom. The highest BCUT2D eigenvalue weighted by molar-refractivity contribution is 7.36. The number of rotatable bonds is 8. The molecule has 0 amide bonds. The largest absolute Gasteiger partial charge is 0.462 e. The number of carbonyl (C=O) groups is 1. The Hall–Kier alpha value is -1.81. The van der Waals surface area contributed by atoms with Gasteiger partial charge in [0.1, 0.15) is 6.04 Å². The Kier molecular flexibility index (Phi) is 7.33. The van der Waals surface area contributed by atoms with Gasteiger partial charge in [-0.3, -0.25) is 23.7 Å². The van der Waals surface area contributed by atoms with Crippen LogP contribution in [0, 0.1) is 0 Å². The zero-order valence-corrected chi connectivity index (χ0v) is 17.1. The van der Waals surface area contributed by atoms with Crippen LogP contribution in [0.4, 0.5) is 4.39 Å². The van der Waals surface area contributed by atoms with Gasteiger partial charge >= 0.3 is 11.7 Å². The Labute approximate surface area is 161 Å². The van der Waals surface area contributed by atoms with E-state index >= 15 is 0 Å². The van der Waals surface area contributed by atoms with Crippen LogP contribution in [0.5, 0.6) is 0 Å². The molecule has 1 fully saturated rings. The quantitative estimate of drug-likeness (QED) is 0.468. The molecule has 2 N–H and O–H groups in total. The van der Waals surface area contributed by atoms with Crippen LogP contribution in [0.2, 0.25) is 0 Å². The van der Waals surface area contributed by atoms with Gasteiger partial charge in [0, 0.05) is 18.7 Å². The summed E-state index contributed by atoms with van der Waals surface area (Å²) in [5.41, 5.74) is -3.31. The van der Waals surface area contributed by atoms with Gasteiger partial charge in [-0.25, -0.2) is 14.3 Å². The van der Waals surface area contributed by atoms with Crippen LogP contribution >= 0.6 is 8.18 Å². The van der Waals surface area contributed by atoms with Crippen molar-refractivity contribution in [3.8, 4) is 0 Å². The van der Waals surface area contributed by atoms with Gasteiger partial charge in [0.05, 0.1) is 18.8 Å². The van der Waals surface area contributed by atoms with Crippen molar-refractivity contribution in [3.05, 3.63) is 33.1 Å². The van der Waals surface area contributed by atoms with E-state index in [1.807, 2.05) is 4.98 Å². The molecule has 0 bridgehead atoms. The molecule has 12 heteroatoms. The third kappa shape index (κ3) is 5.84. The minimum absolute atomic E-state index is 0.108. The first kappa shape index (κ1) is 22.5. The van der Waals surface area contributed by atoms with Crippen molar-refractivity contribution < 1.29 is 27.7 Å². The van der Waals surface area contributed by atoms with Crippen molar-refractivity contribution in [1.82, 2.24) is 14.6 Å². The SMILES string of the molecule is CC(C)OC(=O)[C@H](C)N[PH](=O)OCC1C[C@@](C)(F)[C@H](n2ccc(=O)[nH]c2=O)O1. The van der Waals surface area contributed by atoms with Gasteiger partial charge in [0.2, 0.25) is 0 Å². The lowest BCUT2D eigenvalue weighted by atomic mass is 10.0. The second kappa shape index (κ2) is 9.13. The van der Waals surface area contributed by atoms with E-state index in [4.69, 9.17) is 14.0 Å². The van der Waals surface area contributed by atoms with Crippen molar-refractivity contribution in [2.24, 2.45) is 0 Å². The molecule has 2 heterocycles. The van der Waals surface area contributed by atoms with Gasteiger partial charge in [0.25, 0.3) is 13.7 Å². The highest BCUT2D eigenvalue weighted by Gasteiger charge is 2.47. The Morgan fingerprint density at radius 3 is 2.79 bits per heavy atom. The van der Waals surface area contributed by atoms with Crippen molar-refractivity contribution in [1.29, 1.82) is 0 Å². The van der Waals surface area contributed by atoms with E-state index in [9.17, 15) is 23.3 Å². The summed E-state index contributed by atoms with van der Waals surface area (Å²) in [6, 6.07) is 0.252. The van der Waals surface area contributed by atoms with Crippen molar-refractivity contribution in [3.63, 3.8) is 0 Å². The number of esters is 1. The fourth-order valence-corrected chi connectivity index (χ4v) is 3.66. The van der Waals surface area contributed by atoms with Crippen molar-refractivity contribution in [2.45, 2.75) is 64.3 Å². The Balaban J connectivity index is 1.92. The summed E-state index contributed by atoms with van der Waals surface area (Å²) in [5.74, 6) is -0.567. The number of nitrogens with one attached hydrogen (secondary N) is 2. The van der Waals surface area contributed by atoms with Gasteiger partial charge in [0.15, 0.2) is 11.9 Å². The number of hydrogen-bond acceptors (Lipinski definition) is 7. The van der Waals surface area contributed by atoms with Crippen LogP contribution in [0.3, 0.4) is 0 Å². The lowest BCUT2D eigenvalue weighted by Crippen LogP contribution is -2.38. The second-order valence-corrected chi connectivity index (χ2v) is 8.21. The molecule has 5 atom stereocenters. The zero-order valence-electron chi connectivity index (χ0n) is 16.1. The molecule has 1 saturated heterocycles. The first-order valence-corrected chi connectivity index (χ1v) is 10.1. The number of aromatic nitrogens is 2. The van der Waals surface area contributed by atoms with Crippen LogP contribution in [0.25, 0.3) is 0 Å². The highest BCUT2D eigenvalue weighted by Crippen LogP contribution is 2.40. The van der Waals surface area contributed by atoms with Crippen LogP contribution in [-0.2, 0) is 23.4 Å². The van der Waals surface area contributed by atoms with Crippen LogP contribution in [-0.4, -0.2) is 46.0 Å². The van der Waals surface area contributed by atoms with E-state index in [0.29, 0.717) is 0 Å². The molecule has 2 rings (SSSR count). The molecule has 0 spiro atoms. The Bertz CT molecular complexity index is 838. The molecule has 0 aliphatic carbocycles. The number of halogens is 1. The smallest absolute Gasteiger partial charge is 0.330 e. The van der Waals surface area contributed by atoms with E-state index < -0.39 is 49.4 Å². The summed E-state index contributed by atoms with van der Waals surface area (Å²) in [6.07, 6.45) is -1.29. The van der Waals surface area contributed by atoms with E-state index in [2.05, 4.69) is 5.09 Å². The molecule has 1 aliphatic rings. The molecule has 158 valence electrons. The summed E-state index contributed by atoms with van der Waals surface area (Å²) in [5, 5.41) is 2.49. The lowest BCUT2D eigenvalue weighted by Gasteiger charge is -2.22. The molecule has 1 aromatic heterocycles. The Morgan fingerprint density at radius 2 is 2.18 bits per heavy atom. The highest BCUT2D eigenvalue weighted by atomic mass is 31.1. The number of alkyl halides is 1. The van der Waals surface area contributed by atoms with E-state index in [-0.39, 0.29) is 19.1 Å². The maximum absolute atomic E-state index is 14.9. The summed E-state index contributed by atoms with van der Waals surface area (Å²) in [4.78, 5) is 36.8. The monoisotopic (exact) mass is 421 g/mol. The minimum Gasteiger partial charge on any atom is -0.462 e. The normalized spacial score (nSPS) is 26.9. The molecule has 2 unspecified atom stereocenters. The average Bonchev–Trinajstić information content (AvgIpc) is 2.87. The number of carbonyl (C=O) groups excluding carboxylic acids is 1. The van der Waals surface area contributed by atoms with Crippen molar-refractivity contribution in [2.75, 3.05) is 6.61 Å². The summed E-state index contributed by atoms with van der Waals surface area (Å²) in [6.45, 7) is 5.94. The molecule has 10 nitrogen and oxygen atoms in total. The molecule has 0 aromatic carbocycles. The molecule has 1 aromatic rings. The number of H-pyrrole nitrogens is 1. The fraction of sp³-hybridized carbons (Fsp3) is 0.688. The third-order valence-corrected chi connectivity index (χ3v) is 5.10. The van der Waals surface area contributed by atoms with Gasteiger partial charge in [-0.15, -0.1) is 0 Å². The van der Waals surface area contributed by atoms with E-state index in [0.717, 1.165) is 16.8 Å². The summed E-state index contributed by atoms with van der Waals surface area (Å²) in [7, 11) is -2.81. The number of hydrogen-bond donors (Lipinski definition) is 2. The average molecular weight is 421 g/mol. The predicted octanol–water partition coefficient (Wildman–Crippen LogP) is 0.888. The maximum atomic E-state index is 14.9. The predicted molar refractivity (Wildman–Crippen MR) is 98.1 cm³/mol. The number of nitrogens with zero attached hydrogens (tertiary/aromatic N) is 1. The van der Waals surface area contributed by atoms with Crippen LogP contribution in [0.1, 0.15) is 40.3 Å². The first-order chi connectivity index (χ1) is 13.0. The minimum atomic E-state index is -2.81. The maximum Gasteiger partial charge on any atom is 0.330 e. The number of aromatic amines is 1. The second-order valence-electron chi connectivity index (χ2n) is 7.06. The van der Waals surface area contributed by atoms with Gasteiger partial charge in [-0.2, -0.15) is 0 Å². The zero-order chi connectivity index (χ0) is 21.1. The third-order valence-electron chi connectivity index (χ3n) is 4.01. The fourth-order valence-electron chi connectivity index (χ4n) is 2.76. The molecular weight excluding hydrogens is 396 g/mol. The van der Waals surface area contributed by atoms with Crippen LogP contribution in [0.15, 0.2) is 21.9 Å². The number of ether oxygens (including phenoxy) is 2. The van der Waals surface area contributed by atoms with E-state index in [1.165, 1.54) is 13.8 Å². The van der Waals surface area contributed by atoms with Gasteiger partial charge in [-0.1, -0.05) is 0 Å². The lowest BCUT2D eigenvalue weighted by molar-refractivity contribution is -0.149. The van der Waals surface area contributed by atoms with Gasteiger partial charge in [-0.05, 0) is 27.7 Å². The van der Waals surface area contributed by atoms with E-state index in [1.54, 1.807) is 13.8 Å². The standard InChI is InChI=1S/C16H25FN3O7P/c1-9(2)26-13(22)10(3)19-28(24)25-8-11-7-16(4,17)14(27-11)20-6-5-12(21)18-15(20)23/h5-6,9-11,14,28H,7-8H2,1-4H3,(H,19,24)(H,18,21,23)/t10-,11?,14+,16+/m0/s1. The first-order valence-electron chi connectivity index (χ1n) is 8.79. The molecule has 28 heavy (non-hydrogen) atoms.